The molecule has 0 aliphatic rings. The van der Waals surface area contributed by atoms with Gasteiger partial charge in [-0.3, -0.25) is 0 Å². The second-order valence-electron chi connectivity index (χ2n) is 5.40. The molecule has 0 aromatic heterocycles. The fourth-order valence-corrected chi connectivity index (χ4v) is 2.53. The molecular weight excluding hydrogens is 258 g/mol. The van der Waals surface area contributed by atoms with Crippen LogP contribution in [-0.2, 0) is 4.74 Å². The van der Waals surface area contributed by atoms with Crippen molar-refractivity contribution in [2.24, 2.45) is 5.92 Å². The molecule has 0 spiro atoms. The number of rotatable bonds is 9. The van der Waals surface area contributed by atoms with Crippen molar-refractivity contribution in [3.05, 3.63) is 34.9 Å². The molecule has 0 aliphatic carbocycles. The van der Waals surface area contributed by atoms with Crippen LogP contribution in [0.3, 0.4) is 0 Å². The summed E-state index contributed by atoms with van der Waals surface area (Å²) < 4.78 is 5.06. The Labute approximate surface area is 122 Å². The minimum atomic E-state index is 0.621. The van der Waals surface area contributed by atoms with Crippen LogP contribution in [0.15, 0.2) is 24.3 Å². The predicted octanol–water partition coefficient (Wildman–Crippen LogP) is 3.07. The van der Waals surface area contributed by atoms with E-state index in [1.807, 2.05) is 12.1 Å². The molecular formula is C16H27ClNO+. The number of hydrogen-bond acceptors (Lipinski definition) is 1. The molecule has 0 unspecified atom stereocenters. The molecule has 3 heteroatoms. The maximum absolute atomic E-state index is 5.95. The smallest absolute Gasteiger partial charge is 0.0777 e. The van der Waals surface area contributed by atoms with Gasteiger partial charge in [-0.2, -0.15) is 0 Å². The summed E-state index contributed by atoms with van der Waals surface area (Å²) in [4.78, 5) is 0. The third kappa shape index (κ3) is 6.42. The fraction of sp³-hybridized carbons (Fsp3) is 0.625. The third-order valence-corrected chi connectivity index (χ3v) is 3.79. The van der Waals surface area contributed by atoms with Gasteiger partial charge in [0.2, 0.25) is 0 Å². The van der Waals surface area contributed by atoms with Crippen LogP contribution in [0.25, 0.3) is 0 Å². The SMILES string of the molecule is COCCC[NH2+]CC[C@H](c1ccc(Cl)cc1)C(C)C. The standard InChI is InChI=1S/C16H26ClNO/c1-13(2)16(9-11-18-10-4-12-19-3)14-5-7-15(17)8-6-14/h5-8,13,16,18H,4,9-12H2,1-3H3/p+1/t16-/m0/s1. The van der Waals surface area contributed by atoms with Crippen LogP contribution in [-0.4, -0.2) is 26.8 Å². The van der Waals surface area contributed by atoms with Crippen molar-refractivity contribution in [1.29, 1.82) is 0 Å². The summed E-state index contributed by atoms with van der Waals surface area (Å²) in [7, 11) is 1.76. The van der Waals surface area contributed by atoms with E-state index < -0.39 is 0 Å². The van der Waals surface area contributed by atoms with E-state index in [0.29, 0.717) is 11.8 Å². The van der Waals surface area contributed by atoms with Crippen LogP contribution in [0, 0.1) is 5.92 Å². The maximum Gasteiger partial charge on any atom is 0.0777 e. The first-order valence-electron chi connectivity index (χ1n) is 7.21. The lowest BCUT2D eigenvalue weighted by molar-refractivity contribution is -0.655. The summed E-state index contributed by atoms with van der Waals surface area (Å²) in [5, 5.41) is 3.21. The number of benzene rings is 1. The van der Waals surface area contributed by atoms with Crippen molar-refractivity contribution in [2.45, 2.75) is 32.6 Å². The fourth-order valence-electron chi connectivity index (χ4n) is 2.41. The molecule has 0 aliphatic heterocycles. The van der Waals surface area contributed by atoms with E-state index in [-0.39, 0.29) is 0 Å². The Morgan fingerprint density at radius 2 is 1.84 bits per heavy atom. The first kappa shape index (κ1) is 16.5. The summed E-state index contributed by atoms with van der Waals surface area (Å²) in [6, 6.07) is 8.32. The molecule has 1 aromatic rings. The predicted molar refractivity (Wildman–Crippen MR) is 81.8 cm³/mol. The number of methoxy groups -OCH3 is 1. The quantitative estimate of drug-likeness (QED) is 0.693. The number of nitrogens with two attached hydrogens (primary N) is 1. The van der Waals surface area contributed by atoms with Crippen molar-refractivity contribution >= 4 is 11.6 Å². The van der Waals surface area contributed by atoms with Crippen LogP contribution >= 0.6 is 11.6 Å². The van der Waals surface area contributed by atoms with Gasteiger partial charge in [0.05, 0.1) is 19.7 Å². The molecule has 2 nitrogen and oxygen atoms in total. The Morgan fingerprint density at radius 1 is 1.16 bits per heavy atom. The normalized spacial score (nSPS) is 12.9. The second-order valence-corrected chi connectivity index (χ2v) is 5.84. The molecule has 1 atom stereocenters. The van der Waals surface area contributed by atoms with Gasteiger partial charge in [-0.25, -0.2) is 0 Å². The van der Waals surface area contributed by atoms with Crippen molar-refractivity contribution in [3.8, 4) is 0 Å². The van der Waals surface area contributed by atoms with Gasteiger partial charge in [0, 0.05) is 25.0 Å². The zero-order chi connectivity index (χ0) is 14.1. The van der Waals surface area contributed by atoms with E-state index in [0.717, 1.165) is 24.6 Å². The number of quaternary nitrogens is 1. The minimum Gasteiger partial charge on any atom is -0.384 e. The minimum absolute atomic E-state index is 0.621. The molecule has 2 N–H and O–H groups in total. The molecule has 0 radical (unpaired) electrons. The largest absolute Gasteiger partial charge is 0.384 e. The topological polar surface area (TPSA) is 25.8 Å². The molecule has 0 fully saturated rings. The van der Waals surface area contributed by atoms with E-state index in [9.17, 15) is 0 Å². The monoisotopic (exact) mass is 284 g/mol. The second kappa shape index (κ2) is 9.35. The van der Waals surface area contributed by atoms with E-state index in [2.05, 4.69) is 31.3 Å². The summed E-state index contributed by atoms with van der Waals surface area (Å²) in [6.45, 7) is 7.78. The van der Waals surface area contributed by atoms with Crippen LogP contribution in [0.5, 0.6) is 0 Å². The van der Waals surface area contributed by atoms with Crippen LogP contribution < -0.4 is 5.32 Å². The van der Waals surface area contributed by atoms with Gasteiger partial charge in [0.25, 0.3) is 0 Å². The van der Waals surface area contributed by atoms with Crippen LogP contribution in [0.4, 0.5) is 0 Å². The van der Waals surface area contributed by atoms with Gasteiger partial charge in [0.1, 0.15) is 0 Å². The van der Waals surface area contributed by atoms with E-state index >= 15 is 0 Å². The molecule has 1 aromatic carbocycles. The van der Waals surface area contributed by atoms with Gasteiger partial charge >= 0.3 is 0 Å². The van der Waals surface area contributed by atoms with Crippen molar-refractivity contribution in [3.63, 3.8) is 0 Å². The van der Waals surface area contributed by atoms with Gasteiger partial charge < -0.3 is 10.1 Å². The summed E-state index contributed by atoms with van der Waals surface area (Å²) in [6.07, 6.45) is 2.34. The maximum atomic E-state index is 5.95. The average molecular weight is 285 g/mol. The Balaban J connectivity index is 2.39. The van der Waals surface area contributed by atoms with Crippen molar-refractivity contribution in [1.82, 2.24) is 0 Å². The summed E-state index contributed by atoms with van der Waals surface area (Å²) in [5.41, 5.74) is 1.41. The highest BCUT2D eigenvalue weighted by Crippen LogP contribution is 2.28. The number of halogens is 1. The van der Waals surface area contributed by atoms with E-state index in [4.69, 9.17) is 16.3 Å². The Hall–Kier alpha value is -0.570. The first-order valence-corrected chi connectivity index (χ1v) is 7.59. The molecule has 19 heavy (non-hydrogen) atoms. The molecule has 0 amide bonds. The van der Waals surface area contributed by atoms with E-state index in [1.54, 1.807) is 7.11 Å². The summed E-state index contributed by atoms with van der Waals surface area (Å²) >= 11 is 5.95. The van der Waals surface area contributed by atoms with Gasteiger partial charge in [-0.05, 0) is 29.5 Å². The molecule has 0 heterocycles. The van der Waals surface area contributed by atoms with Gasteiger partial charge in [-0.1, -0.05) is 37.6 Å². The van der Waals surface area contributed by atoms with Crippen LogP contribution in [0.2, 0.25) is 5.02 Å². The lowest BCUT2D eigenvalue weighted by atomic mass is 9.86. The molecule has 0 saturated carbocycles. The first-order chi connectivity index (χ1) is 9.15. The zero-order valence-electron chi connectivity index (χ0n) is 12.4. The van der Waals surface area contributed by atoms with Crippen molar-refractivity contribution < 1.29 is 10.1 Å². The highest BCUT2D eigenvalue weighted by atomic mass is 35.5. The molecule has 0 saturated heterocycles. The van der Waals surface area contributed by atoms with Gasteiger partial charge in [0.15, 0.2) is 0 Å². The molecule has 108 valence electrons. The highest BCUT2D eigenvalue weighted by Gasteiger charge is 2.16. The Bertz CT molecular complexity index is 337. The Kier molecular flexibility index (Phi) is 8.11. The third-order valence-electron chi connectivity index (χ3n) is 3.54. The lowest BCUT2D eigenvalue weighted by Gasteiger charge is -2.20. The van der Waals surface area contributed by atoms with Gasteiger partial charge in [-0.15, -0.1) is 0 Å². The Morgan fingerprint density at radius 3 is 2.42 bits per heavy atom. The lowest BCUT2D eigenvalue weighted by Crippen LogP contribution is -2.84. The molecule has 0 bridgehead atoms. The average Bonchev–Trinajstić information content (AvgIpc) is 2.39. The zero-order valence-corrected chi connectivity index (χ0v) is 13.1. The van der Waals surface area contributed by atoms with Crippen LogP contribution in [0.1, 0.15) is 38.2 Å². The molecule has 1 rings (SSSR count). The van der Waals surface area contributed by atoms with E-state index in [1.165, 1.54) is 18.5 Å². The highest BCUT2D eigenvalue weighted by molar-refractivity contribution is 6.30. The number of hydrogen-bond donors (Lipinski definition) is 1. The van der Waals surface area contributed by atoms with Crippen molar-refractivity contribution in [2.75, 3.05) is 26.8 Å². The number of ether oxygens (including phenoxy) is 1. The summed E-state index contributed by atoms with van der Waals surface area (Å²) in [5.74, 6) is 1.28.